The van der Waals surface area contributed by atoms with E-state index in [9.17, 15) is 0 Å². The second-order valence-corrected chi connectivity index (χ2v) is 6.63. The second kappa shape index (κ2) is 9.49. The van der Waals surface area contributed by atoms with Crippen LogP contribution in [0.1, 0.15) is 45.0 Å². The maximum atomic E-state index is 4.52. The van der Waals surface area contributed by atoms with Crippen LogP contribution < -0.4 is 10.6 Å². The number of hydrogen-bond acceptors (Lipinski definition) is 2. The highest BCUT2D eigenvalue weighted by Gasteiger charge is 2.08. The Morgan fingerprint density at radius 3 is 2.55 bits per heavy atom. The zero-order chi connectivity index (χ0) is 16.5. The quantitative estimate of drug-likeness (QED) is 0.441. The van der Waals surface area contributed by atoms with Crippen LogP contribution in [-0.2, 0) is 6.54 Å². The van der Waals surface area contributed by atoms with Gasteiger partial charge in [-0.05, 0) is 44.6 Å². The second-order valence-electron chi connectivity index (χ2n) is 6.63. The molecule has 0 aliphatic rings. The summed E-state index contributed by atoms with van der Waals surface area (Å²) in [7, 11) is 1.82. The lowest BCUT2D eigenvalue weighted by Crippen LogP contribution is -2.40. The molecule has 0 fully saturated rings. The first-order valence-corrected chi connectivity index (χ1v) is 8.38. The molecule has 0 bridgehead atoms. The number of aliphatic imine (C=N–C) groups is 1. The first-order valence-electron chi connectivity index (χ1n) is 8.38. The van der Waals surface area contributed by atoms with Gasteiger partial charge >= 0.3 is 0 Å². The van der Waals surface area contributed by atoms with Crippen molar-refractivity contribution in [2.24, 2.45) is 16.8 Å². The van der Waals surface area contributed by atoms with E-state index in [0.29, 0.717) is 5.92 Å². The summed E-state index contributed by atoms with van der Waals surface area (Å²) in [6.07, 6.45) is 2.43. The number of guanidine groups is 1. The molecule has 1 unspecified atom stereocenters. The SMILES string of the molecule is CN=C(NCCCC(C)C)NCC(C)Cn1nc(C)cc1C. The normalized spacial score (nSPS) is 13.5. The van der Waals surface area contributed by atoms with E-state index in [1.54, 1.807) is 0 Å². The third-order valence-electron chi connectivity index (χ3n) is 3.68. The van der Waals surface area contributed by atoms with Gasteiger partial charge in [0.25, 0.3) is 0 Å². The lowest BCUT2D eigenvalue weighted by atomic mass is 10.1. The Labute approximate surface area is 135 Å². The molecule has 1 heterocycles. The largest absolute Gasteiger partial charge is 0.356 e. The van der Waals surface area contributed by atoms with Gasteiger partial charge in [0, 0.05) is 32.4 Å². The van der Waals surface area contributed by atoms with Crippen LogP contribution in [0.5, 0.6) is 0 Å². The molecule has 22 heavy (non-hydrogen) atoms. The summed E-state index contributed by atoms with van der Waals surface area (Å²) < 4.78 is 2.08. The first-order chi connectivity index (χ1) is 10.4. The molecule has 5 nitrogen and oxygen atoms in total. The maximum Gasteiger partial charge on any atom is 0.190 e. The molecule has 5 heteroatoms. The third kappa shape index (κ3) is 6.96. The Kier molecular flexibility index (Phi) is 7.99. The number of nitrogens with zero attached hydrogens (tertiary/aromatic N) is 3. The number of rotatable bonds is 8. The predicted octanol–water partition coefficient (Wildman–Crippen LogP) is 2.74. The van der Waals surface area contributed by atoms with Crippen LogP contribution in [0.4, 0.5) is 0 Å². The molecule has 0 amide bonds. The molecular formula is C17H33N5. The van der Waals surface area contributed by atoms with Gasteiger partial charge in [0.1, 0.15) is 0 Å². The number of aryl methyl sites for hydroxylation is 2. The molecule has 1 atom stereocenters. The van der Waals surface area contributed by atoms with E-state index < -0.39 is 0 Å². The monoisotopic (exact) mass is 307 g/mol. The minimum Gasteiger partial charge on any atom is -0.356 e. The molecule has 0 spiro atoms. The summed E-state index contributed by atoms with van der Waals surface area (Å²) in [5, 5.41) is 11.3. The van der Waals surface area contributed by atoms with E-state index in [-0.39, 0.29) is 0 Å². The van der Waals surface area contributed by atoms with Gasteiger partial charge in [-0.2, -0.15) is 5.10 Å². The van der Waals surface area contributed by atoms with E-state index in [4.69, 9.17) is 0 Å². The van der Waals surface area contributed by atoms with Gasteiger partial charge in [0.05, 0.1) is 5.69 Å². The highest BCUT2D eigenvalue weighted by molar-refractivity contribution is 5.79. The van der Waals surface area contributed by atoms with E-state index >= 15 is 0 Å². The Morgan fingerprint density at radius 1 is 1.27 bits per heavy atom. The first kappa shape index (κ1) is 18.5. The van der Waals surface area contributed by atoms with Crippen LogP contribution in [0.3, 0.4) is 0 Å². The van der Waals surface area contributed by atoms with Crippen LogP contribution in [0, 0.1) is 25.7 Å². The minimum absolute atomic E-state index is 0.493. The van der Waals surface area contributed by atoms with Gasteiger partial charge < -0.3 is 10.6 Å². The summed E-state index contributed by atoms with van der Waals surface area (Å²) in [6.45, 7) is 13.7. The van der Waals surface area contributed by atoms with Crippen molar-refractivity contribution in [3.8, 4) is 0 Å². The summed E-state index contributed by atoms with van der Waals surface area (Å²) in [6, 6.07) is 2.12. The van der Waals surface area contributed by atoms with E-state index in [0.717, 1.165) is 37.2 Å². The van der Waals surface area contributed by atoms with Gasteiger partial charge in [0.15, 0.2) is 5.96 Å². The molecule has 2 N–H and O–H groups in total. The minimum atomic E-state index is 0.493. The average Bonchev–Trinajstić information content (AvgIpc) is 2.75. The van der Waals surface area contributed by atoms with Crippen molar-refractivity contribution in [1.29, 1.82) is 0 Å². The summed E-state index contributed by atoms with van der Waals surface area (Å²) in [4.78, 5) is 4.28. The Balaban J connectivity index is 2.29. The molecule has 0 radical (unpaired) electrons. The van der Waals surface area contributed by atoms with Crippen molar-refractivity contribution in [3.05, 3.63) is 17.5 Å². The molecule has 0 aliphatic carbocycles. The van der Waals surface area contributed by atoms with E-state index in [1.165, 1.54) is 18.5 Å². The van der Waals surface area contributed by atoms with Crippen molar-refractivity contribution >= 4 is 5.96 Å². The molecule has 1 aromatic heterocycles. The maximum absolute atomic E-state index is 4.52. The standard InChI is InChI=1S/C17H33N5/c1-13(2)8-7-9-19-17(18-6)20-11-14(3)12-22-16(5)10-15(4)21-22/h10,13-14H,7-9,11-12H2,1-6H3,(H2,18,19,20). The van der Waals surface area contributed by atoms with E-state index in [2.05, 4.69) is 59.2 Å². The highest BCUT2D eigenvalue weighted by atomic mass is 15.3. The Hall–Kier alpha value is -1.52. The van der Waals surface area contributed by atoms with Crippen molar-refractivity contribution in [2.75, 3.05) is 20.1 Å². The van der Waals surface area contributed by atoms with Crippen molar-refractivity contribution in [3.63, 3.8) is 0 Å². The van der Waals surface area contributed by atoms with Gasteiger partial charge in [-0.3, -0.25) is 9.67 Å². The fourth-order valence-corrected chi connectivity index (χ4v) is 2.43. The molecule has 0 saturated heterocycles. The number of hydrogen-bond donors (Lipinski definition) is 2. The van der Waals surface area contributed by atoms with Gasteiger partial charge in [-0.25, -0.2) is 0 Å². The van der Waals surface area contributed by atoms with Gasteiger partial charge in [0.2, 0.25) is 0 Å². The molecule has 1 aromatic rings. The fourth-order valence-electron chi connectivity index (χ4n) is 2.43. The molecule has 0 saturated carbocycles. The van der Waals surface area contributed by atoms with Crippen molar-refractivity contribution < 1.29 is 0 Å². The van der Waals surface area contributed by atoms with Crippen LogP contribution in [0.25, 0.3) is 0 Å². The molecule has 1 rings (SSSR count). The van der Waals surface area contributed by atoms with E-state index in [1.807, 2.05) is 14.0 Å². The third-order valence-corrected chi connectivity index (χ3v) is 3.68. The fraction of sp³-hybridized carbons (Fsp3) is 0.765. The lowest BCUT2D eigenvalue weighted by Gasteiger charge is -2.17. The number of aromatic nitrogens is 2. The molecular weight excluding hydrogens is 274 g/mol. The number of nitrogens with one attached hydrogen (secondary N) is 2. The molecule has 126 valence electrons. The van der Waals surface area contributed by atoms with Crippen molar-refractivity contribution in [1.82, 2.24) is 20.4 Å². The summed E-state index contributed by atoms with van der Waals surface area (Å²) >= 11 is 0. The van der Waals surface area contributed by atoms with Crippen LogP contribution in [-0.4, -0.2) is 35.9 Å². The Morgan fingerprint density at radius 2 is 2.00 bits per heavy atom. The summed E-state index contributed by atoms with van der Waals surface area (Å²) in [5.74, 6) is 2.15. The smallest absolute Gasteiger partial charge is 0.190 e. The average molecular weight is 307 g/mol. The highest BCUT2D eigenvalue weighted by Crippen LogP contribution is 2.06. The molecule has 0 aromatic carbocycles. The lowest BCUT2D eigenvalue weighted by molar-refractivity contribution is 0.435. The topological polar surface area (TPSA) is 54.2 Å². The van der Waals surface area contributed by atoms with Crippen LogP contribution in [0.2, 0.25) is 0 Å². The van der Waals surface area contributed by atoms with Gasteiger partial charge in [-0.1, -0.05) is 20.8 Å². The zero-order valence-corrected chi connectivity index (χ0v) is 15.1. The van der Waals surface area contributed by atoms with Crippen LogP contribution >= 0.6 is 0 Å². The summed E-state index contributed by atoms with van der Waals surface area (Å²) in [5.41, 5.74) is 2.31. The Bertz CT molecular complexity index is 462. The van der Waals surface area contributed by atoms with Crippen molar-refractivity contribution in [2.45, 2.75) is 54.0 Å². The van der Waals surface area contributed by atoms with Crippen LogP contribution in [0.15, 0.2) is 11.1 Å². The van der Waals surface area contributed by atoms with Gasteiger partial charge in [-0.15, -0.1) is 0 Å². The molecule has 0 aliphatic heterocycles. The zero-order valence-electron chi connectivity index (χ0n) is 15.1. The predicted molar refractivity (Wildman–Crippen MR) is 94.3 cm³/mol.